The van der Waals surface area contributed by atoms with Crippen molar-refractivity contribution in [3.63, 3.8) is 0 Å². The van der Waals surface area contributed by atoms with Crippen molar-refractivity contribution in [2.75, 3.05) is 64.2 Å². The molecule has 7 nitrogen and oxygen atoms in total. The Morgan fingerprint density at radius 2 is 1.68 bits per heavy atom. The Morgan fingerprint density at radius 1 is 1.00 bits per heavy atom. The second kappa shape index (κ2) is 12.6. The number of benzene rings is 2. The quantitative estimate of drug-likeness (QED) is 0.319. The van der Waals surface area contributed by atoms with E-state index >= 15 is 0 Å². The highest BCUT2D eigenvalue weighted by Gasteiger charge is 2.21. The monoisotopic (exact) mass is 539 g/mol. The van der Waals surface area contributed by atoms with Crippen molar-refractivity contribution >= 4 is 41.3 Å². The lowest BCUT2D eigenvalue weighted by Crippen LogP contribution is -2.52. The normalized spacial score (nSPS) is 15.6. The number of piperazine rings is 1. The van der Waals surface area contributed by atoms with E-state index in [1.54, 1.807) is 21.3 Å². The Morgan fingerprint density at radius 3 is 2.29 bits per heavy atom. The first-order chi connectivity index (χ1) is 14.6. The molecule has 0 bridgehead atoms. The molecule has 2 aromatic rings. The van der Waals surface area contributed by atoms with Crippen molar-refractivity contribution in [3.8, 4) is 11.5 Å². The minimum Gasteiger partial charge on any atom is -0.493 e. The van der Waals surface area contributed by atoms with Gasteiger partial charge in [0, 0.05) is 63.3 Å². The molecule has 1 unspecified atom stereocenters. The number of anilines is 2. The molecule has 1 atom stereocenters. The van der Waals surface area contributed by atoms with Crippen LogP contribution in [-0.4, -0.2) is 70.9 Å². The summed E-state index contributed by atoms with van der Waals surface area (Å²) in [6, 6.07) is 16.8. The van der Waals surface area contributed by atoms with Gasteiger partial charge in [-0.3, -0.25) is 9.89 Å². The van der Waals surface area contributed by atoms with Gasteiger partial charge < -0.3 is 25.0 Å². The van der Waals surface area contributed by atoms with Gasteiger partial charge in [-0.2, -0.15) is 0 Å². The van der Waals surface area contributed by atoms with Crippen LogP contribution in [0.2, 0.25) is 0 Å². The van der Waals surface area contributed by atoms with Crippen molar-refractivity contribution in [1.29, 1.82) is 0 Å². The predicted octanol–water partition coefficient (Wildman–Crippen LogP) is 3.52. The van der Waals surface area contributed by atoms with Gasteiger partial charge in [-0.05, 0) is 31.2 Å². The fourth-order valence-corrected chi connectivity index (χ4v) is 3.66. The number of nitrogens with zero attached hydrogens (tertiary/aromatic N) is 3. The van der Waals surface area contributed by atoms with Gasteiger partial charge in [-0.1, -0.05) is 18.2 Å². The highest BCUT2D eigenvalue weighted by atomic mass is 127. The van der Waals surface area contributed by atoms with Crippen LogP contribution in [0.4, 0.5) is 11.4 Å². The Kier molecular flexibility index (Phi) is 10.2. The zero-order valence-corrected chi connectivity index (χ0v) is 21.1. The zero-order chi connectivity index (χ0) is 21.3. The number of para-hydroxylation sites is 1. The van der Waals surface area contributed by atoms with E-state index in [1.807, 2.05) is 18.2 Å². The van der Waals surface area contributed by atoms with E-state index in [-0.39, 0.29) is 24.0 Å². The molecule has 1 aliphatic heterocycles. The van der Waals surface area contributed by atoms with E-state index < -0.39 is 0 Å². The summed E-state index contributed by atoms with van der Waals surface area (Å²) >= 11 is 0. The van der Waals surface area contributed by atoms with Crippen LogP contribution in [0, 0.1) is 0 Å². The minimum absolute atomic E-state index is 0. The number of guanidine groups is 1. The molecule has 1 saturated heterocycles. The summed E-state index contributed by atoms with van der Waals surface area (Å²) in [6.07, 6.45) is 0. The summed E-state index contributed by atoms with van der Waals surface area (Å²) in [5.41, 5.74) is 2.20. The van der Waals surface area contributed by atoms with Gasteiger partial charge in [0.2, 0.25) is 0 Å². The summed E-state index contributed by atoms with van der Waals surface area (Å²) in [5, 5.41) is 6.75. The maximum Gasteiger partial charge on any atom is 0.195 e. The topological polar surface area (TPSA) is 61.4 Å². The SMILES string of the molecule is CN=C(NCC(C)N1CCN(c2ccccc2)CC1)Nc1ccc(OC)c(OC)c1.I. The van der Waals surface area contributed by atoms with Gasteiger partial charge in [0.05, 0.1) is 14.2 Å². The van der Waals surface area contributed by atoms with Gasteiger partial charge in [0.15, 0.2) is 17.5 Å². The van der Waals surface area contributed by atoms with Crippen LogP contribution in [0.1, 0.15) is 6.92 Å². The van der Waals surface area contributed by atoms with Crippen LogP contribution in [-0.2, 0) is 0 Å². The number of nitrogens with one attached hydrogen (secondary N) is 2. The molecule has 0 spiro atoms. The van der Waals surface area contributed by atoms with Gasteiger partial charge in [0.1, 0.15) is 0 Å². The largest absolute Gasteiger partial charge is 0.493 e. The van der Waals surface area contributed by atoms with Crippen LogP contribution < -0.4 is 25.0 Å². The molecule has 0 saturated carbocycles. The van der Waals surface area contributed by atoms with E-state index in [4.69, 9.17) is 9.47 Å². The first-order valence-electron chi connectivity index (χ1n) is 10.4. The summed E-state index contributed by atoms with van der Waals surface area (Å²) in [6.45, 7) is 7.28. The Hall–Kier alpha value is -2.20. The second-order valence-corrected chi connectivity index (χ2v) is 7.36. The third kappa shape index (κ3) is 6.90. The van der Waals surface area contributed by atoms with E-state index in [0.29, 0.717) is 17.5 Å². The van der Waals surface area contributed by atoms with Crippen LogP contribution in [0.5, 0.6) is 11.5 Å². The number of ether oxygens (including phenoxy) is 2. The molecule has 8 heteroatoms. The second-order valence-electron chi connectivity index (χ2n) is 7.36. The third-order valence-electron chi connectivity index (χ3n) is 5.49. The molecule has 0 amide bonds. The molecule has 31 heavy (non-hydrogen) atoms. The number of hydrogen-bond acceptors (Lipinski definition) is 5. The number of rotatable bonds is 7. The van der Waals surface area contributed by atoms with Gasteiger partial charge in [-0.25, -0.2) is 0 Å². The molecular formula is C23H34IN5O2. The van der Waals surface area contributed by atoms with Crippen molar-refractivity contribution in [2.45, 2.75) is 13.0 Å². The van der Waals surface area contributed by atoms with E-state index in [0.717, 1.165) is 44.4 Å². The van der Waals surface area contributed by atoms with Gasteiger partial charge >= 0.3 is 0 Å². The molecule has 0 aliphatic carbocycles. The van der Waals surface area contributed by atoms with Crippen molar-refractivity contribution < 1.29 is 9.47 Å². The molecule has 1 aliphatic rings. The Bertz CT molecular complexity index is 826. The Labute approximate surface area is 202 Å². The van der Waals surface area contributed by atoms with Crippen LogP contribution in [0.25, 0.3) is 0 Å². The number of methoxy groups -OCH3 is 2. The predicted molar refractivity (Wildman–Crippen MR) is 140 cm³/mol. The Balaban J connectivity index is 0.00000341. The minimum atomic E-state index is 0. The summed E-state index contributed by atoms with van der Waals surface area (Å²) in [5.74, 6) is 2.12. The smallest absolute Gasteiger partial charge is 0.195 e. The third-order valence-corrected chi connectivity index (χ3v) is 5.49. The highest BCUT2D eigenvalue weighted by Crippen LogP contribution is 2.29. The summed E-state index contributed by atoms with van der Waals surface area (Å²) in [7, 11) is 5.04. The molecule has 3 rings (SSSR count). The van der Waals surface area contributed by atoms with E-state index in [1.165, 1.54) is 5.69 Å². The summed E-state index contributed by atoms with van der Waals surface area (Å²) in [4.78, 5) is 9.32. The first-order valence-corrected chi connectivity index (χ1v) is 10.4. The molecule has 2 N–H and O–H groups in total. The average molecular weight is 539 g/mol. The van der Waals surface area contributed by atoms with E-state index in [2.05, 4.69) is 62.7 Å². The molecule has 2 aromatic carbocycles. The fraction of sp³-hybridized carbons (Fsp3) is 0.435. The maximum absolute atomic E-state index is 5.37. The van der Waals surface area contributed by atoms with Crippen LogP contribution in [0.15, 0.2) is 53.5 Å². The van der Waals surface area contributed by atoms with Gasteiger partial charge in [-0.15, -0.1) is 24.0 Å². The van der Waals surface area contributed by atoms with E-state index in [9.17, 15) is 0 Å². The fourth-order valence-electron chi connectivity index (χ4n) is 3.66. The zero-order valence-electron chi connectivity index (χ0n) is 18.8. The lowest BCUT2D eigenvalue weighted by Gasteiger charge is -2.39. The van der Waals surface area contributed by atoms with Crippen LogP contribution >= 0.6 is 24.0 Å². The lowest BCUT2D eigenvalue weighted by atomic mass is 10.2. The van der Waals surface area contributed by atoms with Crippen molar-refractivity contribution in [1.82, 2.24) is 10.2 Å². The van der Waals surface area contributed by atoms with Crippen LogP contribution in [0.3, 0.4) is 0 Å². The number of halogens is 1. The highest BCUT2D eigenvalue weighted by molar-refractivity contribution is 14.0. The molecule has 1 heterocycles. The number of hydrogen-bond donors (Lipinski definition) is 2. The standard InChI is InChI=1S/C23H33N5O2.HI/c1-18(27-12-14-28(15-13-27)20-8-6-5-7-9-20)17-25-23(24-2)26-19-10-11-21(29-3)22(16-19)30-4;/h5-11,16,18H,12-15,17H2,1-4H3,(H2,24,25,26);1H. The molecule has 170 valence electrons. The summed E-state index contributed by atoms with van der Waals surface area (Å²) < 4.78 is 10.7. The van der Waals surface area contributed by atoms with Gasteiger partial charge in [0.25, 0.3) is 0 Å². The van der Waals surface area contributed by atoms with Crippen molar-refractivity contribution in [2.24, 2.45) is 4.99 Å². The first kappa shape index (κ1) is 25.1. The van der Waals surface area contributed by atoms with Crippen molar-refractivity contribution in [3.05, 3.63) is 48.5 Å². The lowest BCUT2D eigenvalue weighted by molar-refractivity contribution is 0.197. The average Bonchev–Trinajstić information content (AvgIpc) is 2.82. The molecular weight excluding hydrogens is 505 g/mol. The maximum atomic E-state index is 5.37. The molecule has 1 fully saturated rings. The molecule has 0 aromatic heterocycles. The molecule has 0 radical (unpaired) electrons. The number of aliphatic imine (C=N–C) groups is 1.